The van der Waals surface area contributed by atoms with Crippen molar-refractivity contribution in [1.82, 2.24) is 4.90 Å². The van der Waals surface area contributed by atoms with Crippen LogP contribution in [-0.4, -0.2) is 47.7 Å². The Hall–Kier alpha value is -2.87. The first-order valence-electron chi connectivity index (χ1n) is 11.5. The van der Waals surface area contributed by atoms with Crippen molar-refractivity contribution < 1.29 is 32.6 Å². The van der Waals surface area contributed by atoms with Crippen molar-refractivity contribution in [3.8, 4) is 0 Å². The van der Waals surface area contributed by atoms with E-state index in [1.54, 1.807) is 18.2 Å². The van der Waals surface area contributed by atoms with Crippen molar-refractivity contribution in [3.63, 3.8) is 0 Å². The maximum atomic E-state index is 12.9. The molecule has 2 unspecified atom stereocenters. The lowest BCUT2D eigenvalue weighted by Gasteiger charge is -2.26. The Morgan fingerprint density at radius 3 is 2.59 bits per heavy atom. The second kappa shape index (κ2) is 11.5. The van der Waals surface area contributed by atoms with Crippen LogP contribution < -0.4 is 0 Å². The second-order valence-electron chi connectivity index (χ2n) is 8.71. The number of likely N-dealkylation sites (tertiary alicyclic amines) is 1. The second-order valence-corrected chi connectivity index (χ2v) is 8.71. The summed E-state index contributed by atoms with van der Waals surface area (Å²) in [6, 6.07) is 12.3. The van der Waals surface area contributed by atoms with Gasteiger partial charge in [0, 0.05) is 19.0 Å². The number of ether oxygens (including phenoxy) is 1. The molecule has 1 fully saturated rings. The Bertz CT molecular complexity index is 975. The molecular formula is C26H30F3NO4. The van der Waals surface area contributed by atoms with Crippen molar-refractivity contribution >= 4 is 11.9 Å². The molecule has 0 radical (unpaired) electrons. The topological polar surface area (TPSA) is 66.8 Å². The van der Waals surface area contributed by atoms with Crippen LogP contribution in [0.25, 0.3) is 0 Å². The summed E-state index contributed by atoms with van der Waals surface area (Å²) in [7, 11) is 1.34. The van der Waals surface area contributed by atoms with Crippen LogP contribution >= 0.6 is 0 Å². The molecule has 1 aliphatic heterocycles. The van der Waals surface area contributed by atoms with Crippen LogP contribution in [0.15, 0.2) is 48.5 Å². The maximum absolute atomic E-state index is 12.9. The first kappa shape index (κ1) is 25.7. The Kier molecular flexibility index (Phi) is 8.72. The molecule has 0 aromatic heterocycles. The smallest absolute Gasteiger partial charge is 0.416 e. The van der Waals surface area contributed by atoms with E-state index < -0.39 is 17.8 Å². The van der Waals surface area contributed by atoms with Crippen molar-refractivity contribution in [3.05, 3.63) is 70.8 Å². The minimum Gasteiger partial charge on any atom is -0.465 e. The van der Waals surface area contributed by atoms with Crippen LogP contribution in [0.4, 0.5) is 13.2 Å². The Balaban J connectivity index is 1.46. The molecule has 2 aromatic rings. The molecule has 2 atom stereocenters. The summed E-state index contributed by atoms with van der Waals surface area (Å²) >= 11 is 0. The molecule has 184 valence electrons. The number of alkyl halides is 3. The van der Waals surface area contributed by atoms with Crippen LogP contribution in [0.3, 0.4) is 0 Å². The highest BCUT2D eigenvalue weighted by molar-refractivity contribution is 5.89. The van der Waals surface area contributed by atoms with Crippen molar-refractivity contribution in [2.24, 2.45) is 0 Å². The van der Waals surface area contributed by atoms with E-state index in [4.69, 9.17) is 4.74 Å². The van der Waals surface area contributed by atoms with E-state index in [2.05, 4.69) is 0 Å². The van der Waals surface area contributed by atoms with E-state index in [1.807, 2.05) is 17.0 Å². The van der Waals surface area contributed by atoms with Crippen LogP contribution in [0, 0.1) is 0 Å². The quantitative estimate of drug-likeness (QED) is 0.500. The highest BCUT2D eigenvalue weighted by Gasteiger charge is 2.31. The molecule has 1 aliphatic rings. The molecule has 1 N–H and O–H groups in total. The highest BCUT2D eigenvalue weighted by atomic mass is 19.4. The molecule has 1 saturated heterocycles. The Morgan fingerprint density at radius 1 is 1.18 bits per heavy atom. The number of nitrogens with zero attached hydrogens (tertiary/aromatic N) is 1. The van der Waals surface area contributed by atoms with Gasteiger partial charge in [-0.3, -0.25) is 4.79 Å². The molecular weight excluding hydrogens is 447 g/mol. The first-order valence-corrected chi connectivity index (χ1v) is 11.5. The van der Waals surface area contributed by atoms with Gasteiger partial charge in [0.05, 0.1) is 24.3 Å². The van der Waals surface area contributed by atoms with E-state index in [-0.39, 0.29) is 24.3 Å². The number of hydrogen-bond donors (Lipinski definition) is 1. The lowest BCUT2D eigenvalue weighted by Crippen LogP contribution is -2.34. The first-order chi connectivity index (χ1) is 16.2. The van der Waals surface area contributed by atoms with Gasteiger partial charge < -0.3 is 14.7 Å². The van der Waals surface area contributed by atoms with Gasteiger partial charge in [-0.15, -0.1) is 0 Å². The number of aliphatic hydroxyl groups excluding tert-OH is 1. The number of rotatable bonds is 10. The number of esters is 1. The normalized spacial score (nSPS) is 17.1. The van der Waals surface area contributed by atoms with Crippen LogP contribution in [-0.2, 0) is 28.5 Å². The average Bonchev–Trinajstić information content (AvgIpc) is 3.16. The van der Waals surface area contributed by atoms with Gasteiger partial charge in [-0.2, -0.15) is 13.2 Å². The maximum Gasteiger partial charge on any atom is 0.416 e. The molecule has 1 heterocycles. The van der Waals surface area contributed by atoms with Gasteiger partial charge in [0.25, 0.3) is 0 Å². The molecule has 1 amide bonds. The lowest BCUT2D eigenvalue weighted by molar-refractivity contribution is -0.137. The molecule has 3 rings (SSSR count). The van der Waals surface area contributed by atoms with Gasteiger partial charge >= 0.3 is 12.1 Å². The summed E-state index contributed by atoms with van der Waals surface area (Å²) in [5.74, 6) is -0.286. The molecule has 5 nitrogen and oxygen atoms in total. The molecule has 0 aliphatic carbocycles. The molecule has 0 spiro atoms. The van der Waals surface area contributed by atoms with Crippen LogP contribution in [0.2, 0.25) is 0 Å². The number of carbonyl (C=O) groups is 2. The Labute approximate surface area is 197 Å². The summed E-state index contributed by atoms with van der Waals surface area (Å²) in [5.41, 5.74) is 1.28. The zero-order valence-corrected chi connectivity index (χ0v) is 19.2. The van der Waals surface area contributed by atoms with E-state index in [1.165, 1.54) is 13.2 Å². The molecule has 8 heteroatoms. The fraction of sp³-hybridized carbons (Fsp3) is 0.462. The van der Waals surface area contributed by atoms with Gasteiger partial charge in [0.2, 0.25) is 5.91 Å². The third kappa shape index (κ3) is 7.06. The lowest BCUT2D eigenvalue weighted by atomic mass is 9.99. The number of amides is 1. The summed E-state index contributed by atoms with van der Waals surface area (Å²) in [6.07, 6.45) is -1.27. The minimum absolute atomic E-state index is 0.0327. The van der Waals surface area contributed by atoms with Crippen molar-refractivity contribution in [2.75, 3.05) is 13.7 Å². The van der Waals surface area contributed by atoms with Crippen molar-refractivity contribution in [1.29, 1.82) is 0 Å². The molecule has 0 bridgehead atoms. The largest absolute Gasteiger partial charge is 0.465 e. The zero-order valence-electron chi connectivity index (χ0n) is 19.2. The van der Waals surface area contributed by atoms with Gasteiger partial charge in [-0.05, 0) is 67.9 Å². The number of aliphatic hydroxyl groups is 1. The minimum atomic E-state index is -4.41. The van der Waals surface area contributed by atoms with E-state index in [9.17, 15) is 27.9 Å². The number of benzene rings is 2. The summed E-state index contributed by atoms with van der Waals surface area (Å²) < 4.78 is 43.4. The Morgan fingerprint density at radius 2 is 1.91 bits per heavy atom. The van der Waals surface area contributed by atoms with Gasteiger partial charge in [0.15, 0.2) is 0 Å². The van der Waals surface area contributed by atoms with Crippen LogP contribution in [0.5, 0.6) is 0 Å². The van der Waals surface area contributed by atoms with Gasteiger partial charge in [0.1, 0.15) is 0 Å². The fourth-order valence-electron chi connectivity index (χ4n) is 4.41. The third-order valence-corrected chi connectivity index (χ3v) is 6.25. The summed E-state index contributed by atoms with van der Waals surface area (Å²) in [6.45, 7) is 0.603. The predicted molar refractivity (Wildman–Crippen MR) is 121 cm³/mol. The standard InChI is InChI=1S/C26H30F3NO4/c1-34-25(33)20-9-7-18(8-10-20)5-3-15-30-22(12-14-24(30)32)11-13-23(31)17-19-4-2-6-21(16-19)26(27,28)29/h2,4,6-10,16,22-23,31H,3,5,11-15,17H2,1H3. The fourth-order valence-corrected chi connectivity index (χ4v) is 4.41. The molecule has 34 heavy (non-hydrogen) atoms. The SMILES string of the molecule is COC(=O)c1ccc(CCCN2C(=O)CCC2CCC(O)Cc2cccc(C(F)(F)F)c2)cc1. The predicted octanol–water partition coefficient (Wildman–Crippen LogP) is 4.80. The van der Waals surface area contributed by atoms with Gasteiger partial charge in [-0.25, -0.2) is 4.79 Å². The van der Waals surface area contributed by atoms with E-state index in [0.717, 1.165) is 37.0 Å². The molecule has 2 aromatic carbocycles. The highest BCUT2D eigenvalue weighted by Crippen LogP contribution is 2.30. The van der Waals surface area contributed by atoms with E-state index in [0.29, 0.717) is 36.9 Å². The monoisotopic (exact) mass is 477 g/mol. The summed E-state index contributed by atoms with van der Waals surface area (Å²) in [4.78, 5) is 25.7. The number of aryl methyl sites for hydroxylation is 1. The number of carbonyl (C=O) groups excluding carboxylic acids is 2. The summed E-state index contributed by atoms with van der Waals surface area (Å²) in [5, 5.41) is 10.4. The van der Waals surface area contributed by atoms with Crippen molar-refractivity contribution in [2.45, 2.75) is 63.3 Å². The number of methoxy groups -OCH3 is 1. The third-order valence-electron chi connectivity index (χ3n) is 6.25. The average molecular weight is 478 g/mol. The van der Waals surface area contributed by atoms with Gasteiger partial charge in [-0.1, -0.05) is 30.3 Å². The number of halogens is 3. The van der Waals surface area contributed by atoms with E-state index >= 15 is 0 Å². The van der Waals surface area contributed by atoms with Crippen LogP contribution in [0.1, 0.15) is 59.2 Å². The number of hydrogen-bond acceptors (Lipinski definition) is 4. The zero-order chi connectivity index (χ0) is 24.7. The molecule has 0 saturated carbocycles.